The van der Waals surface area contributed by atoms with Crippen LogP contribution in [0.3, 0.4) is 0 Å². The van der Waals surface area contributed by atoms with Gasteiger partial charge in [-0.1, -0.05) is 30.0 Å². The van der Waals surface area contributed by atoms with Gasteiger partial charge in [0.15, 0.2) is 5.17 Å². The van der Waals surface area contributed by atoms with Crippen molar-refractivity contribution in [1.29, 1.82) is 5.41 Å². The number of nitrogens with one attached hydrogen (secondary N) is 1. The smallest absolute Gasteiger partial charge is 0.379 e. The van der Waals surface area contributed by atoms with Crippen LogP contribution < -0.4 is 5.73 Å². The molecule has 0 aliphatic heterocycles. The van der Waals surface area contributed by atoms with Crippen molar-refractivity contribution in [3.05, 3.63) is 35.4 Å². The maximum atomic E-state index is 12.3. The van der Waals surface area contributed by atoms with Gasteiger partial charge in [0.05, 0.1) is 5.56 Å². The Bertz CT molecular complexity index is 363. The quantitative estimate of drug-likeness (QED) is 0.610. The van der Waals surface area contributed by atoms with Crippen LogP contribution in [0.5, 0.6) is 0 Å². The maximum Gasteiger partial charge on any atom is 0.416 e. The highest BCUT2D eigenvalue weighted by molar-refractivity contribution is 8.13. The van der Waals surface area contributed by atoms with E-state index in [4.69, 9.17) is 11.1 Å². The second-order valence-electron chi connectivity index (χ2n) is 2.85. The third-order valence-electron chi connectivity index (χ3n) is 1.65. The van der Waals surface area contributed by atoms with Gasteiger partial charge in [0.2, 0.25) is 0 Å². The number of benzene rings is 1. The van der Waals surface area contributed by atoms with E-state index in [9.17, 15) is 13.2 Å². The van der Waals surface area contributed by atoms with E-state index in [-0.39, 0.29) is 10.9 Å². The number of rotatable bonds is 2. The summed E-state index contributed by atoms with van der Waals surface area (Å²) in [6.07, 6.45) is -4.32. The van der Waals surface area contributed by atoms with Gasteiger partial charge in [0, 0.05) is 5.75 Å². The monoisotopic (exact) mass is 234 g/mol. The van der Waals surface area contributed by atoms with E-state index in [1.807, 2.05) is 0 Å². The minimum absolute atomic E-state index is 0.104. The second kappa shape index (κ2) is 4.57. The van der Waals surface area contributed by atoms with Gasteiger partial charge < -0.3 is 5.73 Å². The molecular weight excluding hydrogens is 225 g/mol. The Kier molecular flexibility index (Phi) is 3.62. The number of hydrogen-bond donors (Lipinski definition) is 2. The maximum absolute atomic E-state index is 12.3. The molecule has 0 aromatic heterocycles. The minimum Gasteiger partial charge on any atom is -0.379 e. The van der Waals surface area contributed by atoms with Crippen molar-refractivity contribution in [2.75, 3.05) is 0 Å². The Morgan fingerprint density at radius 2 is 2.07 bits per heavy atom. The average molecular weight is 234 g/mol. The van der Waals surface area contributed by atoms with Crippen molar-refractivity contribution < 1.29 is 13.2 Å². The fourth-order valence-corrected chi connectivity index (χ4v) is 1.50. The number of nitrogens with two attached hydrogens (primary N) is 1. The van der Waals surface area contributed by atoms with Crippen LogP contribution in [0.1, 0.15) is 11.1 Å². The van der Waals surface area contributed by atoms with Crippen LogP contribution in [0.15, 0.2) is 24.3 Å². The van der Waals surface area contributed by atoms with Crippen LogP contribution in [-0.2, 0) is 11.9 Å². The van der Waals surface area contributed by atoms with Crippen LogP contribution in [0.25, 0.3) is 0 Å². The fraction of sp³-hybridized carbons (Fsp3) is 0.222. The summed E-state index contributed by atoms with van der Waals surface area (Å²) in [5.41, 5.74) is 4.92. The third kappa shape index (κ3) is 3.83. The SMILES string of the molecule is N=C(N)SCc1cccc(C(F)(F)F)c1. The lowest BCUT2D eigenvalue weighted by Crippen LogP contribution is -2.06. The number of hydrogen-bond acceptors (Lipinski definition) is 2. The number of amidine groups is 1. The first kappa shape index (κ1) is 11.9. The molecule has 0 fully saturated rings. The second-order valence-corrected chi connectivity index (χ2v) is 3.87. The van der Waals surface area contributed by atoms with Crippen molar-refractivity contribution in [2.24, 2.45) is 5.73 Å². The Morgan fingerprint density at radius 1 is 1.40 bits per heavy atom. The zero-order chi connectivity index (χ0) is 11.5. The molecule has 0 atom stereocenters. The van der Waals surface area contributed by atoms with Gasteiger partial charge >= 0.3 is 6.18 Å². The molecule has 1 rings (SSSR count). The molecule has 0 unspecified atom stereocenters. The molecule has 0 saturated carbocycles. The predicted molar refractivity (Wildman–Crippen MR) is 54.7 cm³/mol. The van der Waals surface area contributed by atoms with Gasteiger partial charge in [-0.2, -0.15) is 13.2 Å². The highest BCUT2D eigenvalue weighted by Gasteiger charge is 2.30. The zero-order valence-corrected chi connectivity index (χ0v) is 8.45. The summed E-state index contributed by atoms with van der Waals surface area (Å²) in [7, 11) is 0. The summed E-state index contributed by atoms with van der Waals surface area (Å²) in [6.45, 7) is 0. The molecule has 82 valence electrons. The highest BCUT2D eigenvalue weighted by Crippen LogP contribution is 2.30. The van der Waals surface area contributed by atoms with Crippen molar-refractivity contribution in [3.8, 4) is 0 Å². The van der Waals surface area contributed by atoms with Crippen LogP contribution in [0.4, 0.5) is 13.2 Å². The molecule has 15 heavy (non-hydrogen) atoms. The molecule has 0 spiro atoms. The summed E-state index contributed by atoms with van der Waals surface area (Å²) >= 11 is 0.997. The first-order chi connectivity index (χ1) is 6.89. The lowest BCUT2D eigenvalue weighted by Gasteiger charge is -2.08. The summed E-state index contributed by atoms with van der Waals surface area (Å²) < 4.78 is 36.9. The number of thioether (sulfide) groups is 1. The number of alkyl halides is 3. The van der Waals surface area contributed by atoms with Gasteiger partial charge in [-0.05, 0) is 11.6 Å². The van der Waals surface area contributed by atoms with E-state index in [0.717, 1.165) is 23.9 Å². The summed E-state index contributed by atoms with van der Waals surface area (Å²) in [5, 5.41) is 6.83. The molecule has 0 saturated heterocycles. The highest BCUT2D eigenvalue weighted by atomic mass is 32.2. The first-order valence-electron chi connectivity index (χ1n) is 4.02. The largest absolute Gasteiger partial charge is 0.416 e. The van der Waals surface area contributed by atoms with Crippen LogP contribution in [0.2, 0.25) is 0 Å². The zero-order valence-electron chi connectivity index (χ0n) is 7.64. The van der Waals surface area contributed by atoms with Gasteiger partial charge in [-0.25, -0.2) is 0 Å². The molecular formula is C9H9F3N2S. The lowest BCUT2D eigenvalue weighted by atomic mass is 10.1. The molecule has 0 amide bonds. The molecule has 1 aromatic carbocycles. The summed E-state index contributed by atoms with van der Waals surface area (Å²) in [4.78, 5) is 0. The molecule has 0 heterocycles. The Hall–Kier alpha value is -1.17. The van der Waals surface area contributed by atoms with Crippen molar-refractivity contribution in [2.45, 2.75) is 11.9 Å². The molecule has 0 radical (unpaired) electrons. The molecule has 3 N–H and O–H groups in total. The normalized spacial score (nSPS) is 11.4. The molecule has 1 aromatic rings. The summed E-state index contributed by atoms with van der Waals surface area (Å²) in [5.74, 6) is 0.277. The van der Waals surface area contributed by atoms with Gasteiger partial charge in [-0.3, -0.25) is 5.41 Å². The van der Waals surface area contributed by atoms with Crippen molar-refractivity contribution >= 4 is 16.9 Å². The van der Waals surface area contributed by atoms with Gasteiger partial charge in [0.25, 0.3) is 0 Å². The van der Waals surface area contributed by atoms with E-state index in [2.05, 4.69) is 0 Å². The molecule has 0 aliphatic carbocycles. The Morgan fingerprint density at radius 3 is 2.60 bits per heavy atom. The van der Waals surface area contributed by atoms with Gasteiger partial charge in [-0.15, -0.1) is 0 Å². The standard InChI is InChI=1S/C9H9F3N2S/c10-9(11,12)7-3-1-2-6(4-7)5-15-8(13)14/h1-4H,5H2,(H3,13,14). The van der Waals surface area contributed by atoms with E-state index in [1.165, 1.54) is 6.07 Å². The number of halogens is 3. The topological polar surface area (TPSA) is 49.9 Å². The predicted octanol–water partition coefficient (Wildman–Crippen LogP) is 2.83. The lowest BCUT2D eigenvalue weighted by molar-refractivity contribution is -0.137. The van der Waals surface area contributed by atoms with Crippen molar-refractivity contribution in [1.82, 2.24) is 0 Å². The molecule has 6 heteroatoms. The van der Waals surface area contributed by atoms with Gasteiger partial charge in [0.1, 0.15) is 0 Å². The fourth-order valence-electron chi connectivity index (χ4n) is 0.999. The Balaban J connectivity index is 2.79. The first-order valence-corrected chi connectivity index (χ1v) is 5.01. The average Bonchev–Trinajstić information content (AvgIpc) is 2.14. The minimum atomic E-state index is -4.32. The van der Waals surface area contributed by atoms with E-state index in [0.29, 0.717) is 5.56 Å². The Labute approximate surface area is 89.2 Å². The molecule has 0 aliphatic rings. The molecule has 2 nitrogen and oxygen atoms in total. The van der Waals surface area contributed by atoms with E-state index in [1.54, 1.807) is 6.07 Å². The third-order valence-corrected chi connectivity index (χ3v) is 2.44. The van der Waals surface area contributed by atoms with Crippen LogP contribution >= 0.6 is 11.8 Å². The van der Waals surface area contributed by atoms with Crippen LogP contribution in [0, 0.1) is 5.41 Å². The van der Waals surface area contributed by atoms with Crippen LogP contribution in [-0.4, -0.2) is 5.17 Å². The van der Waals surface area contributed by atoms with Crippen molar-refractivity contribution in [3.63, 3.8) is 0 Å². The summed E-state index contributed by atoms with van der Waals surface area (Å²) in [6, 6.07) is 5.00. The van der Waals surface area contributed by atoms with E-state index >= 15 is 0 Å². The molecule has 0 bridgehead atoms. The van der Waals surface area contributed by atoms with E-state index < -0.39 is 11.7 Å².